The van der Waals surface area contributed by atoms with Gasteiger partial charge in [0.05, 0.1) is 16.6 Å². The van der Waals surface area contributed by atoms with Crippen LogP contribution in [0.2, 0.25) is 0 Å². The molecule has 7 aromatic carbocycles. The Morgan fingerprint density at radius 2 is 1.33 bits per heavy atom. The molecule has 4 nitrogen and oxygen atoms in total. The van der Waals surface area contributed by atoms with Crippen LogP contribution in [0.4, 0.5) is 0 Å². The number of para-hydroxylation sites is 2. The molecule has 0 amide bonds. The molecule has 2 aliphatic carbocycles. The number of allylic oxidation sites excluding steroid dienone is 3. The number of aryl methyl sites for hydroxylation is 1. The van der Waals surface area contributed by atoms with Crippen LogP contribution in [-0.2, 0) is 12.8 Å². The van der Waals surface area contributed by atoms with Crippen LogP contribution in [0.3, 0.4) is 0 Å². The average molecular weight is 851 g/mol. The van der Waals surface area contributed by atoms with Gasteiger partial charge in [-0.15, -0.1) is 0 Å². The third kappa shape index (κ3) is 6.58. The Morgan fingerprint density at radius 3 is 2.05 bits per heavy atom. The maximum atomic E-state index is 8.10. The van der Waals surface area contributed by atoms with Gasteiger partial charge in [-0.3, -0.25) is 4.98 Å². The Bertz CT molecular complexity index is 3520. The average Bonchev–Trinajstić information content (AvgIpc) is 3.89. The van der Waals surface area contributed by atoms with E-state index >= 15 is 0 Å². The maximum absolute atomic E-state index is 8.10. The van der Waals surface area contributed by atoms with Gasteiger partial charge in [-0.25, -0.2) is 0 Å². The molecule has 3 heterocycles. The third-order valence-corrected chi connectivity index (χ3v) is 14.6. The fourth-order valence-electron chi connectivity index (χ4n) is 11.1. The molecule has 3 unspecified atom stereocenters. The van der Waals surface area contributed by atoms with Gasteiger partial charge in [0.15, 0.2) is 0 Å². The molecule has 0 saturated carbocycles. The van der Waals surface area contributed by atoms with Crippen LogP contribution >= 0.6 is 0 Å². The first kappa shape index (κ1) is 39.7. The van der Waals surface area contributed by atoms with Gasteiger partial charge in [-0.2, -0.15) is 0 Å². The molecular formula is C62H50N4. The van der Waals surface area contributed by atoms with Crippen LogP contribution in [0.1, 0.15) is 77.2 Å². The predicted octanol–water partition coefficient (Wildman–Crippen LogP) is 15.7. The monoisotopic (exact) mass is 850 g/mol. The second-order valence-corrected chi connectivity index (χ2v) is 18.2. The summed E-state index contributed by atoms with van der Waals surface area (Å²) in [6.45, 7) is 4.89. The Balaban J connectivity index is 0.995. The Morgan fingerprint density at radius 1 is 0.636 bits per heavy atom. The molecule has 3 atom stereocenters. The van der Waals surface area contributed by atoms with Crippen molar-refractivity contribution in [1.82, 2.24) is 14.1 Å². The summed E-state index contributed by atoms with van der Waals surface area (Å²) in [7, 11) is 0. The van der Waals surface area contributed by atoms with Crippen molar-refractivity contribution in [3.63, 3.8) is 0 Å². The van der Waals surface area contributed by atoms with Gasteiger partial charge in [-0.1, -0.05) is 147 Å². The zero-order valence-corrected chi connectivity index (χ0v) is 37.3. The van der Waals surface area contributed by atoms with Crippen molar-refractivity contribution in [3.05, 3.63) is 233 Å². The molecule has 2 aliphatic rings. The minimum atomic E-state index is 0.184. The molecule has 0 fully saturated rings. The first-order valence-electron chi connectivity index (χ1n) is 23.4. The number of aromatic nitrogens is 3. The van der Waals surface area contributed by atoms with E-state index in [2.05, 4.69) is 199 Å². The van der Waals surface area contributed by atoms with Gasteiger partial charge in [0.1, 0.15) is 0 Å². The van der Waals surface area contributed by atoms with Gasteiger partial charge in [0.2, 0.25) is 0 Å². The number of pyridine rings is 1. The molecular weight excluding hydrogens is 801 g/mol. The van der Waals surface area contributed by atoms with E-state index in [1.807, 2.05) is 24.4 Å². The zero-order chi connectivity index (χ0) is 44.3. The molecule has 3 aromatic heterocycles. The highest BCUT2D eigenvalue weighted by molar-refractivity contribution is 6.12. The number of hydrogen-bond donors (Lipinski definition) is 1. The van der Waals surface area contributed by atoms with Crippen LogP contribution in [0.5, 0.6) is 0 Å². The predicted molar refractivity (Wildman–Crippen MR) is 277 cm³/mol. The van der Waals surface area contributed by atoms with Crippen molar-refractivity contribution in [3.8, 4) is 33.6 Å². The lowest BCUT2D eigenvalue weighted by atomic mass is 9.72. The number of hydrogen-bond acceptors (Lipinski definition) is 2. The standard InChI is InChI=1S/C62H50N4/c1-40-41(2)61-50(29-30-51-55-35-45(57-31-27-47(39-64-57)44-19-9-4-10-20-44)28-33-59(55)66(62(51)61)49-24-13-6-14-25-49)53-37-60-56(36-52(40)53)54-34-42(16-15-21-46(38-63)43-17-7-3-8-18-43)26-32-58(54)65(60)48-22-11-5-12-23-48/h3-14,17-34,36-41,45,63H,15-16,35H2,1-2H3/b46-21+,63-38?. The largest absolute Gasteiger partial charge is 0.309 e. The topological polar surface area (TPSA) is 46.6 Å². The van der Waals surface area contributed by atoms with E-state index in [0.29, 0.717) is 0 Å². The number of fused-ring (bicyclic) bond motifs is 10. The van der Waals surface area contributed by atoms with Crippen LogP contribution in [0.25, 0.3) is 78.0 Å². The van der Waals surface area contributed by atoms with Gasteiger partial charge < -0.3 is 14.5 Å². The Labute approximate surface area is 386 Å². The molecule has 0 saturated heterocycles. The third-order valence-electron chi connectivity index (χ3n) is 14.6. The Kier molecular flexibility index (Phi) is 9.82. The molecule has 1 N–H and O–H groups in total. The number of rotatable bonds is 9. The summed E-state index contributed by atoms with van der Waals surface area (Å²) in [6.07, 6.45) is 13.1. The van der Waals surface area contributed by atoms with Gasteiger partial charge in [0.25, 0.3) is 0 Å². The minimum absolute atomic E-state index is 0.184. The summed E-state index contributed by atoms with van der Waals surface area (Å²) in [6, 6.07) is 63.9. The first-order valence-corrected chi connectivity index (χ1v) is 23.4. The summed E-state index contributed by atoms with van der Waals surface area (Å²) in [4.78, 5) is 5.05. The fraction of sp³-hybridized carbons (Fsp3) is 0.129. The van der Waals surface area contributed by atoms with Crippen molar-refractivity contribution in [2.75, 3.05) is 0 Å². The van der Waals surface area contributed by atoms with Gasteiger partial charge in [0, 0.05) is 62.8 Å². The quantitative estimate of drug-likeness (QED) is 0.145. The molecule has 0 spiro atoms. The first-order chi connectivity index (χ1) is 32.5. The van der Waals surface area contributed by atoms with Crippen molar-refractivity contribution < 1.29 is 0 Å². The fourth-order valence-corrected chi connectivity index (χ4v) is 11.1. The molecule has 0 bridgehead atoms. The number of benzene rings is 7. The van der Waals surface area contributed by atoms with Crippen LogP contribution in [0, 0.1) is 5.41 Å². The van der Waals surface area contributed by atoms with Gasteiger partial charge >= 0.3 is 0 Å². The summed E-state index contributed by atoms with van der Waals surface area (Å²) in [5.41, 5.74) is 21.1. The smallest absolute Gasteiger partial charge is 0.0578 e. The summed E-state index contributed by atoms with van der Waals surface area (Å²) >= 11 is 0. The molecule has 66 heavy (non-hydrogen) atoms. The summed E-state index contributed by atoms with van der Waals surface area (Å²) < 4.78 is 5.02. The highest BCUT2D eigenvalue weighted by Crippen LogP contribution is 2.53. The summed E-state index contributed by atoms with van der Waals surface area (Å²) in [5, 5.41) is 12.0. The lowest BCUT2D eigenvalue weighted by Gasteiger charge is -2.33. The summed E-state index contributed by atoms with van der Waals surface area (Å²) in [5.74, 6) is 0.746. The van der Waals surface area contributed by atoms with Crippen LogP contribution in [-0.4, -0.2) is 20.3 Å². The molecule has 0 radical (unpaired) electrons. The van der Waals surface area contributed by atoms with Crippen molar-refractivity contribution in [1.29, 1.82) is 5.41 Å². The Hall–Kier alpha value is -7.82. The van der Waals surface area contributed by atoms with E-state index < -0.39 is 0 Å². The molecule has 0 aliphatic heterocycles. The number of nitrogens with zero attached hydrogens (tertiary/aromatic N) is 3. The van der Waals surface area contributed by atoms with E-state index in [1.165, 1.54) is 89.2 Å². The molecule has 318 valence electrons. The van der Waals surface area contributed by atoms with E-state index in [4.69, 9.17) is 10.4 Å². The van der Waals surface area contributed by atoms with E-state index in [1.54, 1.807) is 0 Å². The maximum Gasteiger partial charge on any atom is 0.0578 e. The normalized spacial score (nSPS) is 16.6. The van der Waals surface area contributed by atoms with Crippen LogP contribution in [0.15, 0.2) is 194 Å². The van der Waals surface area contributed by atoms with E-state index in [-0.39, 0.29) is 17.8 Å². The second-order valence-electron chi connectivity index (χ2n) is 18.2. The van der Waals surface area contributed by atoms with Crippen molar-refractivity contribution in [2.24, 2.45) is 0 Å². The molecule has 12 rings (SSSR count). The van der Waals surface area contributed by atoms with Crippen molar-refractivity contribution >= 4 is 50.6 Å². The van der Waals surface area contributed by atoms with Crippen molar-refractivity contribution in [2.45, 2.75) is 50.9 Å². The van der Waals surface area contributed by atoms with E-state index in [0.717, 1.165) is 47.3 Å². The van der Waals surface area contributed by atoms with Gasteiger partial charge in [-0.05, 0) is 142 Å². The second kappa shape index (κ2) is 16.3. The SMILES string of the molecule is CC1c2cc3c4cc(CC/C=C(\C=N)c5ccccc5)ccc4n(-c4ccccc4)c3cc2-c2ccc3c4c(n(-c5ccccc5)c3c2C1C)C=CC(c1ccc(-c2ccccc2)cn1)C4. The lowest BCUT2D eigenvalue weighted by Crippen LogP contribution is -2.15. The lowest BCUT2D eigenvalue weighted by molar-refractivity contribution is 0.619. The zero-order valence-electron chi connectivity index (χ0n) is 37.3. The molecule has 4 heteroatoms. The molecule has 10 aromatic rings. The number of nitrogens with one attached hydrogen (secondary N) is 1. The van der Waals surface area contributed by atoms with E-state index in [9.17, 15) is 0 Å². The minimum Gasteiger partial charge on any atom is -0.309 e. The van der Waals surface area contributed by atoms with Crippen LogP contribution < -0.4 is 0 Å². The highest BCUT2D eigenvalue weighted by atomic mass is 15.0. The highest BCUT2D eigenvalue weighted by Gasteiger charge is 2.35.